The topological polar surface area (TPSA) is 52.6 Å². The van der Waals surface area contributed by atoms with E-state index in [1.165, 1.54) is 0 Å². The van der Waals surface area contributed by atoms with Gasteiger partial charge in [0.2, 0.25) is 5.91 Å². The van der Waals surface area contributed by atoms with Gasteiger partial charge in [0, 0.05) is 31.1 Å². The summed E-state index contributed by atoms with van der Waals surface area (Å²) in [6.45, 7) is 5.08. The van der Waals surface area contributed by atoms with E-state index >= 15 is 0 Å². The third-order valence-electron chi connectivity index (χ3n) is 2.81. The molecule has 0 atom stereocenters. The van der Waals surface area contributed by atoms with Crippen molar-refractivity contribution in [1.29, 1.82) is 0 Å². The van der Waals surface area contributed by atoms with Crippen LogP contribution in [0, 0.1) is 0 Å². The number of carbonyl (C=O) groups is 1. The lowest BCUT2D eigenvalue weighted by Gasteiger charge is -2.25. The molecule has 0 aliphatic heterocycles. The van der Waals surface area contributed by atoms with Crippen LogP contribution in [0.2, 0.25) is 5.02 Å². The molecular weight excluding hydrogens is 276 g/mol. The van der Waals surface area contributed by atoms with Crippen LogP contribution in [0.5, 0.6) is 0 Å². The molecule has 0 saturated carbocycles. The predicted octanol–water partition coefficient (Wildman–Crippen LogP) is 2.05. The Morgan fingerprint density at radius 3 is 2.65 bits per heavy atom. The summed E-state index contributed by atoms with van der Waals surface area (Å²) >= 11 is 6.02. The Morgan fingerprint density at radius 2 is 2.05 bits per heavy atom. The Bertz CT molecular complexity index is 444. The minimum atomic E-state index is -0.747. The van der Waals surface area contributed by atoms with Gasteiger partial charge in [-0.25, -0.2) is 0 Å². The number of amides is 1. The van der Waals surface area contributed by atoms with Crippen LogP contribution in [0.15, 0.2) is 24.3 Å². The summed E-state index contributed by atoms with van der Waals surface area (Å²) in [4.78, 5) is 13.7. The minimum Gasteiger partial charge on any atom is -0.389 e. The van der Waals surface area contributed by atoms with Gasteiger partial charge < -0.3 is 15.3 Å². The highest BCUT2D eigenvalue weighted by atomic mass is 35.5. The molecule has 0 heterocycles. The highest BCUT2D eigenvalue weighted by molar-refractivity contribution is 6.31. The van der Waals surface area contributed by atoms with Gasteiger partial charge >= 0.3 is 0 Å². The Hall–Kier alpha value is -1.10. The monoisotopic (exact) mass is 298 g/mol. The first kappa shape index (κ1) is 17.0. The summed E-state index contributed by atoms with van der Waals surface area (Å²) in [6.07, 6.45) is 0.400. The zero-order valence-corrected chi connectivity index (χ0v) is 13.1. The molecular formula is C15H23ClN2O2. The molecule has 1 aromatic carbocycles. The maximum Gasteiger partial charge on any atom is 0.221 e. The first-order valence-electron chi connectivity index (χ1n) is 6.69. The molecule has 0 bridgehead atoms. The number of likely N-dealkylation sites (N-methyl/N-ethyl adjacent to an activating group) is 1. The summed E-state index contributed by atoms with van der Waals surface area (Å²) in [5.41, 5.74) is 0.162. The van der Waals surface area contributed by atoms with Gasteiger partial charge in [-0.2, -0.15) is 0 Å². The summed E-state index contributed by atoms with van der Waals surface area (Å²) in [5.74, 6) is -0.0208. The third-order valence-corrected chi connectivity index (χ3v) is 3.18. The first-order chi connectivity index (χ1) is 9.28. The molecule has 1 rings (SSSR count). The van der Waals surface area contributed by atoms with Crippen LogP contribution in [-0.2, 0) is 11.3 Å². The van der Waals surface area contributed by atoms with E-state index in [4.69, 9.17) is 11.6 Å². The number of aliphatic hydroxyl groups is 1. The van der Waals surface area contributed by atoms with Crippen LogP contribution in [0.3, 0.4) is 0 Å². The molecule has 4 nitrogen and oxygen atoms in total. The van der Waals surface area contributed by atoms with E-state index in [1.807, 2.05) is 30.1 Å². The predicted molar refractivity (Wildman–Crippen MR) is 81.7 cm³/mol. The molecule has 1 aromatic rings. The van der Waals surface area contributed by atoms with E-state index in [0.717, 1.165) is 5.56 Å². The van der Waals surface area contributed by atoms with E-state index in [9.17, 15) is 9.90 Å². The number of halogens is 1. The highest BCUT2D eigenvalue weighted by Gasteiger charge is 2.16. The van der Waals surface area contributed by atoms with Crippen molar-refractivity contribution in [3.8, 4) is 0 Å². The molecule has 20 heavy (non-hydrogen) atoms. The van der Waals surface area contributed by atoms with Crippen LogP contribution in [0.25, 0.3) is 0 Å². The van der Waals surface area contributed by atoms with Crippen molar-refractivity contribution in [2.24, 2.45) is 0 Å². The fourth-order valence-corrected chi connectivity index (χ4v) is 2.16. The molecule has 0 aliphatic rings. The standard InChI is InChI=1S/C15H23ClN2O2/c1-15(2,20)11-18(3)9-8-14(19)17-10-12-6-4-5-7-13(12)16/h4-7,20H,8-11H2,1-3H3,(H,17,19). The maximum absolute atomic E-state index is 11.8. The average molecular weight is 299 g/mol. The largest absolute Gasteiger partial charge is 0.389 e. The molecule has 2 N–H and O–H groups in total. The summed E-state index contributed by atoms with van der Waals surface area (Å²) in [7, 11) is 1.89. The first-order valence-corrected chi connectivity index (χ1v) is 7.07. The second-order valence-electron chi connectivity index (χ2n) is 5.67. The summed E-state index contributed by atoms with van der Waals surface area (Å²) in [6, 6.07) is 7.45. The van der Waals surface area contributed by atoms with Crippen LogP contribution in [0.1, 0.15) is 25.8 Å². The number of nitrogens with zero attached hydrogens (tertiary/aromatic N) is 1. The molecule has 112 valence electrons. The molecule has 1 amide bonds. The number of rotatable bonds is 7. The highest BCUT2D eigenvalue weighted by Crippen LogP contribution is 2.14. The van der Waals surface area contributed by atoms with Crippen LogP contribution in [-0.4, -0.2) is 41.7 Å². The molecule has 0 unspecified atom stereocenters. The van der Waals surface area contributed by atoms with E-state index in [0.29, 0.717) is 31.1 Å². The van der Waals surface area contributed by atoms with Crippen molar-refractivity contribution in [2.45, 2.75) is 32.4 Å². The van der Waals surface area contributed by atoms with E-state index < -0.39 is 5.60 Å². The number of benzene rings is 1. The van der Waals surface area contributed by atoms with E-state index in [-0.39, 0.29) is 5.91 Å². The molecule has 0 fully saturated rings. The normalized spacial score (nSPS) is 11.7. The van der Waals surface area contributed by atoms with Gasteiger partial charge in [-0.05, 0) is 32.5 Å². The van der Waals surface area contributed by atoms with Gasteiger partial charge in [0.05, 0.1) is 5.60 Å². The zero-order valence-electron chi connectivity index (χ0n) is 12.3. The van der Waals surface area contributed by atoms with Crippen LogP contribution < -0.4 is 5.32 Å². The van der Waals surface area contributed by atoms with Crippen molar-refractivity contribution < 1.29 is 9.90 Å². The quantitative estimate of drug-likeness (QED) is 0.810. The third kappa shape index (κ3) is 6.89. The number of carbonyl (C=O) groups excluding carboxylic acids is 1. The van der Waals surface area contributed by atoms with Gasteiger partial charge in [-0.15, -0.1) is 0 Å². The molecule has 0 aromatic heterocycles. The van der Waals surface area contributed by atoms with Crippen molar-refractivity contribution in [3.63, 3.8) is 0 Å². The second-order valence-corrected chi connectivity index (χ2v) is 6.08. The van der Waals surface area contributed by atoms with Gasteiger partial charge in [-0.3, -0.25) is 4.79 Å². The lowest BCUT2D eigenvalue weighted by atomic mass is 10.1. The van der Waals surface area contributed by atoms with Gasteiger partial charge in [0.15, 0.2) is 0 Å². The number of nitrogens with one attached hydrogen (secondary N) is 1. The number of hydrogen-bond donors (Lipinski definition) is 2. The van der Waals surface area contributed by atoms with Gasteiger partial charge in [0.1, 0.15) is 0 Å². The van der Waals surface area contributed by atoms with E-state index in [1.54, 1.807) is 19.9 Å². The lowest BCUT2D eigenvalue weighted by Crippen LogP contribution is -2.38. The van der Waals surface area contributed by atoms with Crippen molar-refractivity contribution in [3.05, 3.63) is 34.9 Å². The van der Waals surface area contributed by atoms with Crippen molar-refractivity contribution in [1.82, 2.24) is 10.2 Å². The van der Waals surface area contributed by atoms with Gasteiger partial charge in [0.25, 0.3) is 0 Å². The fourth-order valence-electron chi connectivity index (χ4n) is 1.96. The molecule has 0 aliphatic carbocycles. The average Bonchev–Trinajstić information content (AvgIpc) is 2.33. The Labute approximate surface area is 125 Å². The Balaban J connectivity index is 2.29. The fraction of sp³-hybridized carbons (Fsp3) is 0.533. The second kappa shape index (κ2) is 7.62. The summed E-state index contributed by atoms with van der Waals surface area (Å²) < 4.78 is 0. The minimum absolute atomic E-state index is 0.0208. The molecule has 0 saturated heterocycles. The number of hydrogen-bond acceptors (Lipinski definition) is 3. The smallest absolute Gasteiger partial charge is 0.221 e. The Morgan fingerprint density at radius 1 is 1.40 bits per heavy atom. The van der Waals surface area contributed by atoms with Crippen LogP contribution >= 0.6 is 11.6 Å². The Kier molecular flexibility index (Phi) is 6.46. The van der Waals surface area contributed by atoms with Gasteiger partial charge in [-0.1, -0.05) is 29.8 Å². The van der Waals surface area contributed by atoms with Crippen molar-refractivity contribution in [2.75, 3.05) is 20.1 Å². The van der Waals surface area contributed by atoms with Crippen molar-refractivity contribution >= 4 is 17.5 Å². The zero-order chi connectivity index (χ0) is 15.2. The maximum atomic E-state index is 11.8. The summed E-state index contributed by atoms with van der Waals surface area (Å²) in [5, 5.41) is 13.2. The molecule has 0 spiro atoms. The SMILES string of the molecule is CN(CCC(=O)NCc1ccccc1Cl)CC(C)(C)O. The van der Waals surface area contributed by atoms with Crippen LogP contribution in [0.4, 0.5) is 0 Å². The van der Waals surface area contributed by atoms with E-state index in [2.05, 4.69) is 5.32 Å². The lowest BCUT2D eigenvalue weighted by molar-refractivity contribution is -0.121. The molecule has 5 heteroatoms. The molecule has 0 radical (unpaired) electrons.